The van der Waals surface area contributed by atoms with E-state index in [1.54, 1.807) is 0 Å². The zero-order valence-corrected chi connectivity index (χ0v) is 21.3. The molecule has 1 amide bonds. The van der Waals surface area contributed by atoms with Crippen LogP contribution in [0.1, 0.15) is 0 Å². The summed E-state index contributed by atoms with van der Waals surface area (Å²) < 4.78 is 35.2. The molecule has 6 atom stereocenters. The number of phosphoric ester groups is 1. The van der Waals surface area contributed by atoms with Gasteiger partial charge in [-0.25, -0.2) is 9.13 Å². The van der Waals surface area contributed by atoms with E-state index in [1.807, 2.05) is 0 Å². The van der Waals surface area contributed by atoms with Crippen LogP contribution in [0.5, 0.6) is 0 Å². The molecule has 30 heavy (non-hydrogen) atoms. The number of carbonyl (C=O) groups is 1. The van der Waals surface area contributed by atoms with E-state index in [-0.39, 0.29) is 65.0 Å². The number of aliphatic imine (C=N–C) groups is 2. The molecule has 3 aliphatic heterocycles. The average Bonchev–Trinajstić information content (AvgIpc) is 3.06. The molecular formula is C10H13N5Na2O11P2-2. The fourth-order valence-corrected chi connectivity index (χ4v) is 4.22. The van der Waals surface area contributed by atoms with Crippen LogP contribution in [0.25, 0.3) is 0 Å². The number of hydrogen-bond acceptors (Lipinski definition) is 11. The Morgan fingerprint density at radius 2 is 1.90 bits per heavy atom. The molecule has 3 heterocycles. The molecule has 0 aliphatic carbocycles. The van der Waals surface area contributed by atoms with Crippen LogP contribution >= 0.6 is 15.6 Å². The summed E-state index contributed by atoms with van der Waals surface area (Å²) in [5.74, 6) is -1.27. The van der Waals surface area contributed by atoms with E-state index in [4.69, 9.17) is 19.9 Å². The van der Waals surface area contributed by atoms with Crippen molar-refractivity contribution in [3.8, 4) is 0 Å². The molecule has 158 valence electrons. The molecule has 3 rings (SSSR count). The van der Waals surface area contributed by atoms with E-state index in [0.29, 0.717) is 0 Å². The number of hydrogen-bond donors (Lipinski definition) is 5. The summed E-state index contributed by atoms with van der Waals surface area (Å²) >= 11 is 0. The fourth-order valence-electron chi connectivity index (χ4n) is 2.62. The summed E-state index contributed by atoms with van der Waals surface area (Å²) in [6, 6.07) is -1.13. The second-order valence-electron chi connectivity index (χ2n) is 5.71. The molecule has 0 aromatic heterocycles. The Morgan fingerprint density at radius 1 is 1.27 bits per heavy atom. The Bertz CT molecular complexity index is 852. The molecule has 0 spiro atoms. The van der Waals surface area contributed by atoms with Crippen molar-refractivity contribution in [3.05, 3.63) is 0 Å². The first-order chi connectivity index (χ1) is 12.9. The van der Waals surface area contributed by atoms with Crippen molar-refractivity contribution in [2.75, 3.05) is 6.61 Å². The van der Waals surface area contributed by atoms with Gasteiger partial charge in [-0.3, -0.25) is 29.9 Å². The number of amidine groups is 1. The van der Waals surface area contributed by atoms with Crippen molar-refractivity contribution in [3.63, 3.8) is 0 Å². The van der Waals surface area contributed by atoms with Gasteiger partial charge < -0.3 is 29.6 Å². The number of guanidine groups is 1. The maximum atomic E-state index is 12.3. The third kappa shape index (κ3) is 6.48. The van der Waals surface area contributed by atoms with E-state index in [1.165, 1.54) is 0 Å². The van der Waals surface area contributed by atoms with Gasteiger partial charge in [0.15, 0.2) is 11.9 Å². The molecule has 1 saturated heterocycles. The van der Waals surface area contributed by atoms with E-state index >= 15 is 0 Å². The standard InChI is InChI=1S/C10H13N5O11P2.2Na/c11-10-13-7-4(8(18)14-10)12-2-15(7)9-6(17)5(16)3(25-9)1-24-28(22,23)26-27(19,20)21;;/h2-6,9H,1H2,(H,22,23)(H2,11,14,18)(H2,19,20,21);;/q-2;;/t3-,4?,5-,6-,9-;;/m1../s1. The molecule has 3 aliphatic rings. The largest absolute Gasteiger partial charge is 0.851 e. The van der Waals surface area contributed by atoms with Crippen LogP contribution in [0, 0.1) is 5.41 Å². The summed E-state index contributed by atoms with van der Waals surface area (Å²) in [5, 5.41) is 34.0. The SMILES string of the molecule is N=C1N=C2C(N=CN2[C@@H]2O[C@H](COP(=O)(O)OP(=O)(O)O)[C@@H]([O-])[C@H]2[O-])C(=O)N1.[Na].[Na]. The number of ether oxygens (including phenoxy) is 1. The third-order valence-corrected chi connectivity index (χ3v) is 5.89. The van der Waals surface area contributed by atoms with Crippen molar-refractivity contribution < 1.29 is 52.4 Å². The van der Waals surface area contributed by atoms with Crippen LogP contribution in [0.4, 0.5) is 0 Å². The van der Waals surface area contributed by atoms with Gasteiger partial charge in [-0.15, -0.1) is 6.10 Å². The Balaban J connectivity index is 0.00000225. The summed E-state index contributed by atoms with van der Waals surface area (Å²) in [7, 11) is -10.6. The number of amides is 1. The van der Waals surface area contributed by atoms with E-state index < -0.39 is 64.7 Å². The molecule has 0 saturated carbocycles. The van der Waals surface area contributed by atoms with Gasteiger partial charge in [-0.05, 0) is 0 Å². The molecule has 2 radical (unpaired) electrons. The minimum absolute atomic E-state index is 0. The van der Waals surface area contributed by atoms with Gasteiger partial charge in [0.1, 0.15) is 6.23 Å². The van der Waals surface area contributed by atoms with E-state index in [0.717, 1.165) is 11.2 Å². The predicted octanol–water partition coefficient (Wildman–Crippen LogP) is -5.19. The monoisotopic (exact) mass is 487 g/mol. The van der Waals surface area contributed by atoms with Crippen LogP contribution in [0.3, 0.4) is 0 Å². The van der Waals surface area contributed by atoms with E-state index in [2.05, 4.69) is 24.1 Å². The zero-order chi connectivity index (χ0) is 20.9. The predicted molar refractivity (Wildman–Crippen MR) is 94.1 cm³/mol. The zero-order valence-electron chi connectivity index (χ0n) is 15.5. The number of nitrogens with zero attached hydrogens (tertiary/aromatic N) is 3. The van der Waals surface area contributed by atoms with Gasteiger partial charge in [0.2, 0.25) is 5.96 Å². The molecule has 0 bridgehead atoms. The van der Waals surface area contributed by atoms with Gasteiger partial charge in [0.25, 0.3) is 5.91 Å². The van der Waals surface area contributed by atoms with E-state index in [9.17, 15) is 29.0 Å². The van der Waals surface area contributed by atoms with Gasteiger partial charge >= 0.3 is 15.6 Å². The minimum Gasteiger partial charge on any atom is -0.851 e. The average molecular weight is 487 g/mol. The molecular weight excluding hydrogens is 474 g/mol. The van der Waals surface area contributed by atoms with Crippen LogP contribution in [-0.2, 0) is 27.5 Å². The quantitative estimate of drug-likeness (QED) is 0.174. The Morgan fingerprint density at radius 3 is 2.50 bits per heavy atom. The molecule has 16 nitrogen and oxygen atoms in total. The molecule has 20 heteroatoms. The number of fused-ring (bicyclic) bond motifs is 1. The Hall–Kier alpha value is 0.420. The third-order valence-electron chi connectivity index (χ3n) is 3.74. The van der Waals surface area contributed by atoms with Crippen molar-refractivity contribution in [2.24, 2.45) is 9.98 Å². The van der Waals surface area contributed by atoms with Crippen molar-refractivity contribution in [2.45, 2.75) is 30.6 Å². The van der Waals surface area contributed by atoms with Gasteiger partial charge in [0, 0.05) is 59.1 Å². The second kappa shape index (κ2) is 10.6. The minimum atomic E-state index is -5.35. The van der Waals surface area contributed by atoms with Gasteiger partial charge in [-0.2, -0.15) is 9.30 Å². The number of nitrogens with one attached hydrogen (secondary N) is 2. The molecule has 1 fully saturated rings. The summed E-state index contributed by atoms with van der Waals surface area (Å²) in [6.07, 6.45) is -6.03. The topological polar surface area (TPSA) is 250 Å². The first kappa shape index (κ1) is 28.5. The Kier molecular flexibility index (Phi) is 10.0. The van der Waals surface area contributed by atoms with Crippen LogP contribution in [-0.4, -0.2) is 140 Å². The molecule has 5 N–H and O–H groups in total. The second-order valence-corrected chi connectivity index (χ2v) is 8.54. The number of phosphoric acid groups is 2. The summed E-state index contributed by atoms with van der Waals surface area (Å²) in [5.41, 5.74) is 0. The maximum absolute atomic E-state index is 12.3. The summed E-state index contributed by atoms with van der Waals surface area (Å²) in [4.78, 5) is 46.6. The Labute approximate surface area is 212 Å². The molecule has 0 aromatic carbocycles. The van der Waals surface area contributed by atoms with Crippen molar-refractivity contribution >= 4 is 98.8 Å². The van der Waals surface area contributed by atoms with Crippen LogP contribution in [0.15, 0.2) is 9.98 Å². The number of rotatable bonds is 6. The van der Waals surface area contributed by atoms with Crippen LogP contribution < -0.4 is 15.5 Å². The van der Waals surface area contributed by atoms with Crippen molar-refractivity contribution in [1.82, 2.24) is 10.2 Å². The molecule has 2 unspecified atom stereocenters. The summed E-state index contributed by atoms with van der Waals surface area (Å²) in [6.45, 7) is -0.978. The normalized spacial score (nSPS) is 32.5. The first-order valence-corrected chi connectivity index (χ1v) is 10.4. The van der Waals surface area contributed by atoms with Crippen LogP contribution in [0.2, 0.25) is 0 Å². The number of carbonyl (C=O) groups excluding carboxylic acids is 1. The van der Waals surface area contributed by atoms with Gasteiger partial charge in [-0.1, -0.05) is 6.10 Å². The molecule has 0 aromatic rings. The smallest absolute Gasteiger partial charge is 0.481 e. The van der Waals surface area contributed by atoms with Crippen molar-refractivity contribution in [1.29, 1.82) is 5.41 Å². The fraction of sp³-hybridized carbons (Fsp3) is 0.600. The maximum Gasteiger partial charge on any atom is 0.481 e. The van der Waals surface area contributed by atoms with Gasteiger partial charge in [0.05, 0.1) is 19.0 Å². The first-order valence-electron chi connectivity index (χ1n) is 7.39.